The highest BCUT2D eigenvalue weighted by Gasteiger charge is 2.65. The van der Waals surface area contributed by atoms with E-state index >= 15 is 4.39 Å². The number of rotatable bonds is 3. The molecule has 1 spiro atoms. The Hall–Kier alpha value is -3.95. The lowest BCUT2D eigenvalue weighted by Gasteiger charge is -2.40. The second kappa shape index (κ2) is 10.8. The van der Waals surface area contributed by atoms with Gasteiger partial charge in [-0.3, -0.25) is 14.4 Å². The van der Waals surface area contributed by atoms with E-state index in [-0.39, 0.29) is 43.1 Å². The Bertz CT molecular complexity index is 1500. The van der Waals surface area contributed by atoms with Crippen molar-refractivity contribution in [1.29, 1.82) is 5.26 Å². The van der Waals surface area contributed by atoms with Crippen molar-refractivity contribution in [3.8, 4) is 11.8 Å². The number of hydrogen-bond donors (Lipinski definition) is 2. The summed E-state index contributed by atoms with van der Waals surface area (Å²) >= 11 is 0. The van der Waals surface area contributed by atoms with Crippen LogP contribution < -0.4 is 15.4 Å². The van der Waals surface area contributed by atoms with Crippen LogP contribution in [0, 0.1) is 40.4 Å². The van der Waals surface area contributed by atoms with Gasteiger partial charge in [-0.25, -0.2) is 14.2 Å². The third-order valence-electron chi connectivity index (χ3n) is 11.0. The largest absolute Gasteiger partial charge is 0.472 e. The topological polar surface area (TPSA) is 148 Å². The molecule has 5 amide bonds. The SMILES string of the molecule is CN(C(=O)N[C@H](C(=O)N1C[C@@H]2[C@H]3C[C@@H]([C@@H]2[C@H]1C(=O)N1C[C@@]2(C[C@H]1C#N)Oc1cccnc1NC2=O)[C@H](F)C3)C(C)(C)C)C(C)(C)C. The first-order valence-corrected chi connectivity index (χ1v) is 16.1. The van der Waals surface area contributed by atoms with Gasteiger partial charge in [0.05, 0.1) is 12.6 Å². The molecule has 0 aromatic carbocycles. The van der Waals surface area contributed by atoms with E-state index in [0.29, 0.717) is 18.6 Å². The van der Waals surface area contributed by atoms with Gasteiger partial charge < -0.3 is 30.1 Å². The quantitative estimate of drug-likeness (QED) is 0.518. The molecule has 3 aliphatic heterocycles. The molecular weight excluding hydrogens is 593 g/mol. The predicted molar refractivity (Wildman–Crippen MR) is 165 cm³/mol. The second-order valence-electron chi connectivity index (χ2n) is 15.8. The molecule has 2 saturated carbocycles. The molecule has 2 N–H and O–H groups in total. The maximum atomic E-state index is 15.3. The lowest BCUT2D eigenvalue weighted by molar-refractivity contribution is -0.149. The first-order chi connectivity index (χ1) is 21.5. The fourth-order valence-corrected chi connectivity index (χ4v) is 8.26. The molecule has 2 aliphatic carbocycles. The number of pyridine rings is 1. The van der Waals surface area contributed by atoms with E-state index in [1.165, 1.54) is 20.9 Å². The van der Waals surface area contributed by atoms with E-state index in [9.17, 15) is 24.4 Å². The Labute approximate surface area is 269 Å². The van der Waals surface area contributed by atoms with Gasteiger partial charge in [-0.2, -0.15) is 5.26 Å². The van der Waals surface area contributed by atoms with Gasteiger partial charge in [0.25, 0.3) is 5.91 Å². The monoisotopic (exact) mass is 637 g/mol. The highest BCUT2D eigenvalue weighted by atomic mass is 19.1. The summed E-state index contributed by atoms with van der Waals surface area (Å²) in [4.78, 5) is 64.6. The molecule has 12 nitrogen and oxygen atoms in total. The van der Waals surface area contributed by atoms with Crippen LogP contribution in [0.1, 0.15) is 60.8 Å². The van der Waals surface area contributed by atoms with Gasteiger partial charge >= 0.3 is 6.03 Å². The molecule has 4 heterocycles. The van der Waals surface area contributed by atoms with Crippen molar-refractivity contribution in [3.63, 3.8) is 0 Å². The molecule has 2 bridgehead atoms. The zero-order chi connectivity index (χ0) is 33.5. The molecule has 0 radical (unpaired) electrons. The Morgan fingerprint density at radius 2 is 1.91 bits per heavy atom. The summed E-state index contributed by atoms with van der Waals surface area (Å²) in [6.45, 7) is 11.3. The lowest BCUT2D eigenvalue weighted by atomic mass is 9.77. The third kappa shape index (κ3) is 5.04. The average Bonchev–Trinajstić information content (AvgIpc) is 3.74. The van der Waals surface area contributed by atoms with Gasteiger partial charge in [-0.1, -0.05) is 20.8 Å². The predicted octanol–water partition coefficient (Wildman–Crippen LogP) is 2.95. The van der Waals surface area contributed by atoms with Gasteiger partial charge in [0.15, 0.2) is 11.6 Å². The number of nitrogens with one attached hydrogen (secondary N) is 2. The van der Waals surface area contributed by atoms with Crippen LogP contribution in [0.25, 0.3) is 0 Å². The number of aromatic nitrogens is 1. The zero-order valence-corrected chi connectivity index (χ0v) is 27.5. The van der Waals surface area contributed by atoms with E-state index in [4.69, 9.17) is 4.74 Å². The zero-order valence-electron chi connectivity index (χ0n) is 27.5. The number of carbonyl (C=O) groups excluding carboxylic acids is 4. The fourth-order valence-electron chi connectivity index (χ4n) is 8.26. The molecule has 46 heavy (non-hydrogen) atoms. The van der Waals surface area contributed by atoms with E-state index in [0.717, 1.165) is 0 Å². The van der Waals surface area contributed by atoms with Crippen molar-refractivity contribution in [1.82, 2.24) is 25.0 Å². The third-order valence-corrected chi connectivity index (χ3v) is 11.0. The van der Waals surface area contributed by atoms with Crippen LogP contribution in [-0.2, 0) is 14.4 Å². The molecule has 2 saturated heterocycles. The van der Waals surface area contributed by atoms with E-state index in [2.05, 4.69) is 21.7 Å². The minimum Gasteiger partial charge on any atom is -0.472 e. The van der Waals surface area contributed by atoms with Crippen molar-refractivity contribution >= 4 is 29.6 Å². The van der Waals surface area contributed by atoms with Crippen molar-refractivity contribution < 1.29 is 28.3 Å². The molecule has 4 fully saturated rings. The number of urea groups is 1. The highest BCUT2D eigenvalue weighted by Crippen LogP contribution is 2.59. The van der Waals surface area contributed by atoms with Crippen LogP contribution in [-0.4, -0.2) is 99.0 Å². The first kappa shape index (κ1) is 32.0. The standard InChI is InChI=1S/C33H44FN7O5/c1-31(2,3)25(37-30(45)39(7)32(4,5)6)28(43)40-15-20-17-11-19(21(34)12-17)23(20)24(40)27(42)41-16-33(13-18(41)14-35)29(44)38-26-22(46-33)9-8-10-36-26/h8-10,17-21,23-25H,11-13,15-16H2,1-7H3,(H,37,45)(H,36,38,44)/t17-,18-,19+,20+,21+,23-,24-,25+,33+/m0/s1. The number of anilines is 1. The van der Waals surface area contributed by atoms with E-state index < -0.39 is 70.5 Å². The molecule has 0 unspecified atom stereocenters. The summed E-state index contributed by atoms with van der Waals surface area (Å²) in [5, 5.41) is 15.9. The highest BCUT2D eigenvalue weighted by molar-refractivity contribution is 6.01. The fraction of sp³-hybridized carbons (Fsp3) is 0.697. The Morgan fingerprint density at radius 3 is 2.57 bits per heavy atom. The number of ether oxygens (including phenoxy) is 1. The molecule has 1 aromatic heterocycles. The number of alkyl halides is 1. The van der Waals surface area contributed by atoms with Gasteiger partial charge in [0.2, 0.25) is 17.4 Å². The number of nitriles is 1. The summed E-state index contributed by atoms with van der Waals surface area (Å²) in [5.41, 5.74) is -2.74. The summed E-state index contributed by atoms with van der Waals surface area (Å²) in [5.74, 6) is -1.68. The smallest absolute Gasteiger partial charge is 0.318 e. The minimum atomic E-state index is -1.52. The van der Waals surface area contributed by atoms with Gasteiger partial charge in [-0.15, -0.1) is 0 Å². The normalized spacial score (nSPS) is 33.5. The maximum absolute atomic E-state index is 15.3. The van der Waals surface area contributed by atoms with Crippen molar-refractivity contribution in [3.05, 3.63) is 18.3 Å². The molecule has 6 rings (SSSR count). The lowest BCUT2D eigenvalue weighted by Crippen LogP contribution is -2.62. The summed E-state index contributed by atoms with van der Waals surface area (Å²) in [6.07, 6.45) is 1.43. The molecule has 13 heteroatoms. The van der Waals surface area contributed by atoms with E-state index in [1.54, 1.807) is 19.2 Å². The molecule has 1 aromatic rings. The van der Waals surface area contributed by atoms with Crippen LogP contribution in [0.5, 0.6) is 5.75 Å². The van der Waals surface area contributed by atoms with Crippen LogP contribution in [0.15, 0.2) is 18.3 Å². The molecule has 248 valence electrons. The van der Waals surface area contributed by atoms with Crippen molar-refractivity contribution in [2.24, 2.45) is 29.1 Å². The number of amides is 5. The Morgan fingerprint density at radius 1 is 1.20 bits per heavy atom. The van der Waals surface area contributed by atoms with Crippen LogP contribution >= 0.6 is 0 Å². The number of halogens is 1. The number of likely N-dealkylation sites (tertiary alicyclic amines) is 2. The Kier molecular flexibility index (Phi) is 7.52. The van der Waals surface area contributed by atoms with Gasteiger partial charge in [0, 0.05) is 31.7 Å². The number of carbonyl (C=O) groups is 4. The molecule has 5 aliphatic rings. The van der Waals surface area contributed by atoms with Crippen LogP contribution in [0.4, 0.5) is 15.0 Å². The van der Waals surface area contributed by atoms with Crippen LogP contribution in [0.3, 0.4) is 0 Å². The first-order valence-electron chi connectivity index (χ1n) is 16.1. The molecule has 9 atom stereocenters. The van der Waals surface area contributed by atoms with E-state index in [1.807, 2.05) is 41.5 Å². The van der Waals surface area contributed by atoms with Crippen molar-refractivity contribution in [2.75, 3.05) is 25.5 Å². The summed E-state index contributed by atoms with van der Waals surface area (Å²) in [7, 11) is 1.66. The minimum absolute atomic E-state index is 0.0425. The number of fused-ring (bicyclic) bond motifs is 6. The van der Waals surface area contributed by atoms with Gasteiger partial charge in [-0.05, 0) is 74.8 Å². The maximum Gasteiger partial charge on any atom is 0.318 e. The Balaban J connectivity index is 1.33. The summed E-state index contributed by atoms with van der Waals surface area (Å²) in [6, 6.07) is 2.04. The molecular formula is C33H44FN7O5. The second-order valence-corrected chi connectivity index (χ2v) is 15.8. The van der Waals surface area contributed by atoms with Gasteiger partial charge in [0.1, 0.15) is 24.3 Å². The average molecular weight is 638 g/mol. The number of hydrogen-bond acceptors (Lipinski definition) is 7. The number of nitrogens with zero attached hydrogens (tertiary/aromatic N) is 5. The van der Waals surface area contributed by atoms with Crippen LogP contribution in [0.2, 0.25) is 0 Å². The summed E-state index contributed by atoms with van der Waals surface area (Å²) < 4.78 is 21.5. The van der Waals surface area contributed by atoms with Crippen molar-refractivity contribution in [2.45, 2.75) is 96.2 Å².